The molecule has 0 aliphatic rings. The van der Waals surface area contributed by atoms with E-state index in [9.17, 15) is 14.9 Å². The van der Waals surface area contributed by atoms with Crippen LogP contribution in [0.4, 0.5) is 0 Å². The van der Waals surface area contributed by atoms with Gasteiger partial charge in [-0.15, -0.1) is 5.43 Å². The molecule has 0 radical (unpaired) electrons. The molecule has 0 amide bonds. The maximum atomic E-state index is 11.1. The van der Waals surface area contributed by atoms with Crippen LogP contribution in [0.2, 0.25) is 0 Å². The first kappa shape index (κ1) is 15.9. The summed E-state index contributed by atoms with van der Waals surface area (Å²) in [6, 6.07) is 0. The van der Waals surface area contributed by atoms with E-state index in [1.807, 2.05) is 0 Å². The van der Waals surface area contributed by atoms with Gasteiger partial charge in [0.25, 0.3) is 0 Å². The van der Waals surface area contributed by atoms with Crippen molar-refractivity contribution in [1.29, 1.82) is 0 Å². The van der Waals surface area contributed by atoms with Crippen molar-refractivity contribution >= 4 is 11.9 Å². The highest BCUT2D eigenvalue weighted by Gasteiger charge is 2.42. The van der Waals surface area contributed by atoms with Crippen molar-refractivity contribution in [3.8, 4) is 0 Å². The summed E-state index contributed by atoms with van der Waals surface area (Å²) in [5, 5.41) is 27.3. The molecule has 0 aromatic rings. The largest absolute Gasteiger partial charge is 0.479 e. The molecule has 0 aliphatic carbocycles. The van der Waals surface area contributed by atoms with E-state index in [-0.39, 0.29) is 31.8 Å². The molecule has 0 saturated heterocycles. The molecular weight excluding hydrogens is 246 g/mol. The molecule has 0 rings (SSSR count). The molecule has 10 nitrogen and oxygen atoms in total. The summed E-state index contributed by atoms with van der Waals surface area (Å²) in [6.07, 6.45) is -0.142. The van der Waals surface area contributed by atoms with Crippen molar-refractivity contribution in [3.63, 3.8) is 0 Å². The number of nitrogens with two attached hydrogens (primary N) is 2. The first-order valence-corrected chi connectivity index (χ1v) is 5.16. The van der Waals surface area contributed by atoms with Gasteiger partial charge in [0.1, 0.15) is 0 Å². The SMILES string of the molecule is NC(N)=NCCCC(CCO)(N[N+](=O)[O-])C(=O)O. The van der Waals surface area contributed by atoms with Crippen molar-refractivity contribution in [2.45, 2.75) is 24.8 Å². The summed E-state index contributed by atoms with van der Waals surface area (Å²) >= 11 is 0. The quantitative estimate of drug-likeness (QED) is 0.104. The van der Waals surface area contributed by atoms with E-state index >= 15 is 0 Å². The minimum absolute atomic E-state index is 0.0827. The number of aliphatic hydroxyl groups is 1. The second-order valence-corrected chi connectivity index (χ2v) is 3.64. The summed E-state index contributed by atoms with van der Waals surface area (Å²) in [4.78, 5) is 25.2. The molecule has 0 aliphatic heterocycles. The molecule has 1 atom stereocenters. The monoisotopic (exact) mass is 263 g/mol. The Labute approximate surface area is 103 Å². The van der Waals surface area contributed by atoms with Gasteiger partial charge in [-0.25, -0.2) is 14.9 Å². The number of nitrogens with zero attached hydrogens (tertiary/aromatic N) is 2. The summed E-state index contributed by atoms with van der Waals surface area (Å²) in [7, 11) is 0. The fourth-order valence-electron chi connectivity index (χ4n) is 1.45. The van der Waals surface area contributed by atoms with Gasteiger partial charge >= 0.3 is 5.97 Å². The molecule has 1 unspecified atom stereocenters. The van der Waals surface area contributed by atoms with Gasteiger partial charge in [-0.05, 0) is 12.8 Å². The highest BCUT2D eigenvalue weighted by Crippen LogP contribution is 2.18. The van der Waals surface area contributed by atoms with Crippen LogP contribution in [-0.2, 0) is 4.79 Å². The third-order valence-electron chi connectivity index (χ3n) is 2.31. The third kappa shape index (κ3) is 5.30. The number of aliphatic hydroxyl groups excluding tert-OH is 1. The van der Waals surface area contributed by atoms with Crippen molar-refractivity contribution in [2.24, 2.45) is 16.5 Å². The average Bonchev–Trinajstić information content (AvgIpc) is 2.23. The van der Waals surface area contributed by atoms with Gasteiger partial charge in [-0.3, -0.25) is 4.99 Å². The molecule has 0 heterocycles. The number of nitro groups is 1. The maximum Gasteiger partial charge on any atom is 0.335 e. The number of carboxylic acid groups (broad SMARTS) is 1. The minimum atomic E-state index is -1.82. The summed E-state index contributed by atoms with van der Waals surface area (Å²) < 4.78 is 0. The summed E-state index contributed by atoms with van der Waals surface area (Å²) in [5.74, 6) is -1.54. The van der Waals surface area contributed by atoms with Gasteiger partial charge in [0.2, 0.25) is 0 Å². The molecular formula is C8H17N5O5. The Hall–Kier alpha value is -2.10. The standard InChI is InChI=1S/C8H17N5O5/c9-7(10)11-4-1-2-8(3-5-14,6(15)16)12-13(17)18/h12,14H,1-5H2,(H,15,16)(H4,9,10,11). The van der Waals surface area contributed by atoms with Gasteiger partial charge in [-0.2, -0.15) is 0 Å². The first-order chi connectivity index (χ1) is 8.34. The topological polar surface area (TPSA) is 177 Å². The van der Waals surface area contributed by atoms with E-state index in [0.29, 0.717) is 0 Å². The number of hydrogen-bond acceptors (Lipinski definition) is 5. The Morgan fingerprint density at radius 2 is 2.06 bits per heavy atom. The lowest BCUT2D eigenvalue weighted by molar-refractivity contribution is -0.557. The molecule has 18 heavy (non-hydrogen) atoms. The molecule has 0 bridgehead atoms. The molecule has 10 heteroatoms. The van der Waals surface area contributed by atoms with E-state index in [0.717, 1.165) is 0 Å². The van der Waals surface area contributed by atoms with Crippen LogP contribution in [-0.4, -0.2) is 45.9 Å². The zero-order valence-electron chi connectivity index (χ0n) is 9.70. The van der Waals surface area contributed by atoms with E-state index < -0.39 is 23.1 Å². The second kappa shape index (κ2) is 7.27. The zero-order valence-corrected chi connectivity index (χ0v) is 9.70. The van der Waals surface area contributed by atoms with Crippen molar-refractivity contribution in [1.82, 2.24) is 5.43 Å². The first-order valence-electron chi connectivity index (χ1n) is 5.16. The van der Waals surface area contributed by atoms with Crippen molar-refractivity contribution in [2.75, 3.05) is 13.2 Å². The Balaban J connectivity index is 4.67. The number of hydrogen-bond donors (Lipinski definition) is 5. The highest BCUT2D eigenvalue weighted by atomic mass is 16.7. The van der Waals surface area contributed by atoms with Crippen LogP contribution in [0.5, 0.6) is 0 Å². The number of rotatable bonds is 9. The molecule has 0 aromatic heterocycles. The van der Waals surface area contributed by atoms with E-state index in [2.05, 4.69) is 4.99 Å². The van der Waals surface area contributed by atoms with Gasteiger partial charge in [-0.1, -0.05) is 0 Å². The van der Waals surface area contributed by atoms with Crippen molar-refractivity contribution < 1.29 is 20.0 Å². The van der Waals surface area contributed by atoms with Crippen LogP contribution in [0.25, 0.3) is 0 Å². The normalized spacial score (nSPS) is 13.4. The molecule has 0 spiro atoms. The number of nitrogens with one attached hydrogen (secondary N) is 1. The third-order valence-corrected chi connectivity index (χ3v) is 2.31. The minimum Gasteiger partial charge on any atom is -0.479 e. The lowest BCUT2D eigenvalue weighted by atomic mass is 9.91. The van der Waals surface area contributed by atoms with Gasteiger partial charge in [0.05, 0.1) is 0 Å². The molecule has 0 aromatic carbocycles. The fraction of sp³-hybridized carbons (Fsp3) is 0.750. The van der Waals surface area contributed by atoms with Crippen LogP contribution in [0.3, 0.4) is 0 Å². The van der Waals surface area contributed by atoms with E-state index in [1.165, 1.54) is 0 Å². The van der Waals surface area contributed by atoms with Crippen LogP contribution >= 0.6 is 0 Å². The van der Waals surface area contributed by atoms with E-state index in [1.54, 1.807) is 5.43 Å². The maximum absolute atomic E-state index is 11.1. The smallest absolute Gasteiger partial charge is 0.335 e. The fourth-order valence-corrected chi connectivity index (χ4v) is 1.45. The summed E-state index contributed by atoms with van der Waals surface area (Å²) in [6.45, 7) is -0.336. The van der Waals surface area contributed by atoms with Crippen LogP contribution in [0, 0.1) is 10.1 Å². The Morgan fingerprint density at radius 3 is 2.44 bits per heavy atom. The Kier molecular flexibility index (Phi) is 6.42. The number of hydrazine groups is 1. The predicted octanol–water partition coefficient (Wildman–Crippen LogP) is -1.97. The van der Waals surface area contributed by atoms with Gasteiger partial charge in [0, 0.05) is 19.6 Å². The Bertz CT molecular complexity index is 330. The van der Waals surface area contributed by atoms with E-state index in [4.69, 9.17) is 21.7 Å². The van der Waals surface area contributed by atoms with Gasteiger partial charge < -0.3 is 21.7 Å². The molecule has 0 saturated carbocycles. The lowest BCUT2D eigenvalue weighted by Gasteiger charge is -2.24. The molecule has 7 N–H and O–H groups in total. The van der Waals surface area contributed by atoms with Gasteiger partial charge in [0.15, 0.2) is 16.5 Å². The number of guanidine groups is 1. The average molecular weight is 263 g/mol. The Morgan fingerprint density at radius 1 is 1.44 bits per heavy atom. The highest BCUT2D eigenvalue weighted by molar-refractivity contribution is 5.78. The number of carbonyl (C=O) groups is 1. The zero-order chi connectivity index (χ0) is 14.2. The lowest BCUT2D eigenvalue weighted by Crippen LogP contribution is -2.55. The second-order valence-electron chi connectivity index (χ2n) is 3.64. The number of aliphatic imine (C=N–C) groups is 1. The predicted molar refractivity (Wildman–Crippen MR) is 62.1 cm³/mol. The molecule has 0 fully saturated rings. The summed E-state index contributed by atoms with van der Waals surface area (Å²) in [5.41, 5.74) is 10.1. The van der Waals surface area contributed by atoms with Crippen LogP contribution in [0.1, 0.15) is 19.3 Å². The van der Waals surface area contributed by atoms with Crippen molar-refractivity contribution in [3.05, 3.63) is 10.1 Å². The van der Waals surface area contributed by atoms with Crippen LogP contribution in [0.15, 0.2) is 4.99 Å². The number of aliphatic carboxylic acids is 1. The number of carboxylic acids is 1. The molecule has 104 valence electrons. The van der Waals surface area contributed by atoms with Crippen LogP contribution < -0.4 is 16.9 Å².